The number of hydrogen-bond acceptors (Lipinski definition) is 1. The van der Waals surface area contributed by atoms with Gasteiger partial charge in [-0.25, -0.2) is 0 Å². The van der Waals surface area contributed by atoms with Crippen molar-refractivity contribution in [3.8, 4) is 0 Å². The van der Waals surface area contributed by atoms with E-state index in [4.69, 9.17) is 4.74 Å². The highest BCUT2D eigenvalue weighted by Gasteiger charge is 2.22. The number of aryl methyl sites for hydroxylation is 2. The van der Waals surface area contributed by atoms with E-state index in [1.54, 1.807) is 39.2 Å². The number of rotatable bonds is 4. The first kappa shape index (κ1) is 28.5. The van der Waals surface area contributed by atoms with Crippen LogP contribution in [0.5, 0.6) is 0 Å². The predicted octanol–water partition coefficient (Wildman–Crippen LogP) is 10.8. The van der Waals surface area contributed by atoms with Crippen LogP contribution in [0.2, 0.25) is 0 Å². The molecule has 0 spiro atoms. The molecule has 0 heterocycles. The van der Waals surface area contributed by atoms with Crippen LogP contribution in [0.1, 0.15) is 120 Å². The highest BCUT2D eigenvalue weighted by atomic mass is 16.5. The third-order valence-electron chi connectivity index (χ3n) is 7.93. The van der Waals surface area contributed by atoms with Gasteiger partial charge in [0, 0.05) is 5.56 Å². The molecule has 0 radical (unpaired) electrons. The summed E-state index contributed by atoms with van der Waals surface area (Å²) in [7, 11) is 1.66. The maximum absolute atomic E-state index is 5.23. The smallest absolute Gasteiger partial charge is 0.119 e. The fourth-order valence-electron chi connectivity index (χ4n) is 5.61. The molecule has 0 unspecified atom stereocenters. The quantitative estimate of drug-likeness (QED) is 0.409. The molecular formula is C33H52O. The van der Waals surface area contributed by atoms with Gasteiger partial charge in [-0.3, -0.25) is 0 Å². The Balaban J connectivity index is 0.000000195. The Morgan fingerprint density at radius 3 is 1.71 bits per heavy atom. The molecule has 0 aromatic heterocycles. The predicted molar refractivity (Wildman–Crippen MR) is 152 cm³/mol. The second-order valence-corrected chi connectivity index (χ2v) is 10.3. The van der Waals surface area contributed by atoms with E-state index in [9.17, 15) is 0 Å². The fourth-order valence-corrected chi connectivity index (χ4v) is 5.61. The van der Waals surface area contributed by atoms with Gasteiger partial charge in [0.2, 0.25) is 0 Å². The van der Waals surface area contributed by atoms with Crippen LogP contribution in [0, 0.1) is 25.7 Å². The van der Waals surface area contributed by atoms with Crippen molar-refractivity contribution in [3.63, 3.8) is 0 Å². The molecular weight excluding hydrogens is 412 g/mol. The van der Waals surface area contributed by atoms with E-state index < -0.39 is 0 Å². The summed E-state index contributed by atoms with van der Waals surface area (Å²) in [5.74, 6) is 3.01. The summed E-state index contributed by atoms with van der Waals surface area (Å²) in [5.41, 5.74) is 3.58. The van der Waals surface area contributed by atoms with E-state index in [0.717, 1.165) is 23.2 Å². The number of fused-ring (bicyclic) bond motifs is 1. The first-order chi connectivity index (χ1) is 16.6. The molecule has 1 nitrogen and oxygen atoms in total. The van der Waals surface area contributed by atoms with E-state index in [1.165, 1.54) is 79.7 Å². The summed E-state index contributed by atoms with van der Waals surface area (Å²) < 4.78 is 5.23. The topological polar surface area (TPSA) is 9.23 Å². The van der Waals surface area contributed by atoms with Crippen LogP contribution in [0.3, 0.4) is 0 Å². The molecule has 0 N–H and O–H groups in total. The molecule has 0 bridgehead atoms. The van der Waals surface area contributed by atoms with Crippen molar-refractivity contribution in [2.24, 2.45) is 11.8 Å². The van der Waals surface area contributed by atoms with Crippen molar-refractivity contribution in [2.75, 3.05) is 7.11 Å². The first-order valence-corrected chi connectivity index (χ1v) is 14.3. The van der Waals surface area contributed by atoms with Gasteiger partial charge in [0.1, 0.15) is 5.76 Å². The maximum atomic E-state index is 5.23. The van der Waals surface area contributed by atoms with Crippen molar-refractivity contribution in [3.05, 3.63) is 53.6 Å². The molecule has 3 aliphatic rings. The van der Waals surface area contributed by atoms with Crippen LogP contribution in [-0.2, 0) is 4.74 Å². The Labute approximate surface area is 211 Å². The lowest BCUT2D eigenvalue weighted by molar-refractivity contribution is 0.215. The van der Waals surface area contributed by atoms with Crippen LogP contribution in [0.25, 0.3) is 16.5 Å². The maximum Gasteiger partial charge on any atom is 0.119 e. The highest BCUT2D eigenvalue weighted by molar-refractivity contribution is 5.91. The Morgan fingerprint density at radius 2 is 1.24 bits per heavy atom. The van der Waals surface area contributed by atoms with Crippen LogP contribution < -0.4 is 0 Å². The van der Waals surface area contributed by atoms with E-state index in [-0.39, 0.29) is 0 Å². The van der Waals surface area contributed by atoms with Gasteiger partial charge in [0.25, 0.3) is 0 Å². The van der Waals surface area contributed by atoms with Crippen molar-refractivity contribution in [1.29, 1.82) is 0 Å². The number of benzene rings is 2. The zero-order chi connectivity index (χ0) is 24.8. The number of methoxy groups -OCH3 is 1. The molecule has 2 aromatic rings. The molecule has 5 rings (SSSR count). The minimum absolute atomic E-state index is 0.728. The third kappa shape index (κ3) is 8.79. The Bertz CT molecular complexity index is 827. The SMILES string of the molecule is C1CCC(CC2CCC2)CC1.C1CCCC1.C=C(OC)c1cc(C)c2ccccc2c1C.CC. The lowest BCUT2D eigenvalue weighted by atomic mass is 9.75. The molecule has 0 amide bonds. The summed E-state index contributed by atoms with van der Waals surface area (Å²) in [4.78, 5) is 0. The van der Waals surface area contributed by atoms with Gasteiger partial charge in [-0.15, -0.1) is 0 Å². The van der Waals surface area contributed by atoms with Crippen molar-refractivity contribution < 1.29 is 4.74 Å². The zero-order valence-corrected chi connectivity index (χ0v) is 23.1. The van der Waals surface area contributed by atoms with Gasteiger partial charge in [-0.2, -0.15) is 0 Å². The molecule has 0 atom stereocenters. The minimum atomic E-state index is 0.728. The van der Waals surface area contributed by atoms with Crippen LogP contribution >= 0.6 is 0 Å². The molecule has 190 valence electrons. The molecule has 0 saturated heterocycles. The van der Waals surface area contributed by atoms with Crippen LogP contribution in [0.15, 0.2) is 36.9 Å². The van der Waals surface area contributed by atoms with E-state index in [2.05, 4.69) is 50.8 Å². The van der Waals surface area contributed by atoms with Gasteiger partial charge in [-0.1, -0.05) is 128 Å². The average molecular weight is 465 g/mol. The normalized spacial score (nSPS) is 17.8. The number of hydrogen-bond donors (Lipinski definition) is 0. The van der Waals surface area contributed by atoms with Crippen LogP contribution in [-0.4, -0.2) is 7.11 Å². The van der Waals surface area contributed by atoms with Gasteiger partial charge < -0.3 is 4.74 Å². The van der Waals surface area contributed by atoms with Crippen molar-refractivity contribution >= 4 is 16.5 Å². The Kier molecular flexibility index (Phi) is 13.4. The van der Waals surface area contributed by atoms with Gasteiger partial charge in [-0.05, 0) is 60.1 Å². The summed E-state index contributed by atoms with van der Waals surface area (Å²) in [6.45, 7) is 12.2. The summed E-state index contributed by atoms with van der Waals surface area (Å²) in [6.07, 6.45) is 21.4. The zero-order valence-electron chi connectivity index (χ0n) is 23.1. The lowest BCUT2D eigenvalue weighted by Gasteiger charge is -2.31. The van der Waals surface area contributed by atoms with Gasteiger partial charge in [0.05, 0.1) is 7.11 Å². The lowest BCUT2D eigenvalue weighted by Crippen LogP contribution is -2.17. The van der Waals surface area contributed by atoms with Gasteiger partial charge >= 0.3 is 0 Å². The van der Waals surface area contributed by atoms with E-state index in [1.807, 2.05) is 13.8 Å². The summed E-state index contributed by atoms with van der Waals surface area (Å²) in [6, 6.07) is 10.6. The molecule has 1 heteroatoms. The van der Waals surface area contributed by atoms with E-state index in [0.29, 0.717) is 0 Å². The van der Waals surface area contributed by atoms with Crippen molar-refractivity contribution in [1.82, 2.24) is 0 Å². The third-order valence-corrected chi connectivity index (χ3v) is 7.93. The Morgan fingerprint density at radius 1 is 0.765 bits per heavy atom. The van der Waals surface area contributed by atoms with Crippen LogP contribution in [0.4, 0.5) is 0 Å². The monoisotopic (exact) mass is 464 g/mol. The molecule has 3 fully saturated rings. The number of ether oxygens (including phenoxy) is 1. The highest BCUT2D eigenvalue weighted by Crippen LogP contribution is 2.37. The van der Waals surface area contributed by atoms with E-state index >= 15 is 0 Å². The standard InChI is InChI=1S/C15H16O.C11H20.C5H10.C2H6/c1-10-9-15(12(3)16-4)11(2)14-8-6-5-7-13(10)14;1-2-5-10(6-3-1)9-11-7-4-8-11;1-2-4-5-3-1;1-2/h5-9H,3H2,1-2,4H3;10-11H,1-9H2;1-5H2;1-2H3. The second kappa shape index (κ2) is 16.0. The second-order valence-electron chi connectivity index (χ2n) is 10.3. The summed E-state index contributed by atoms with van der Waals surface area (Å²) >= 11 is 0. The Hall–Kier alpha value is -1.76. The summed E-state index contributed by atoms with van der Waals surface area (Å²) in [5, 5.41) is 2.57. The average Bonchev–Trinajstić information content (AvgIpc) is 3.46. The molecule has 34 heavy (non-hydrogen) atoms. The molecule has 2 aromatic carbocycles. The fraction of sp³-hybridized carbons (Fsp3) is 0.636. The molecule has 0 aliphatic heterocycles. The minimum Gasteiger partial charge on any atom is -0.497 e. The van der Waals surface area contributed by atoms with Gasteiger partial charge in [0.15, 0.2) is 0 Å². The molecule has 3 saturated carbocycles. The largest absolute Gasteiger partial charge is 0.497 e. The van der Waals surface area contributed by atoms with Crippen molar-refractivity contribution in [2.45, 2.75) is 118 Å². The molecule has 3 aliphatic carbocycles. The first-order valence-electron chi connectivity index (χ1n) is 14.3.